The molecule has 31 heavy (non-hydrogen) atoms. The van der Waals surface area contributed by atoms with Gasteiger partial charge in [-0.05, 0) is 47.6 Å². The first-order chi connectivity index (χ1) is 14.6. The van der Waals surface area contributed by atoms with Crippen LogP contribution in [0.1, 0.15) is 11.1 Å². The molecule has 1 aliphatic heterocycles. The molecule has 1 aromatic carbocycles. The van der Waals surface area contributed by atoms with Crippen LogP contribution < -0.4 is 0 Å². The van der Waals surface area contributed by atoms with Gasteiger partial charge in [-0.15, -0.1) is 0 Å². The molecule has 1 unspecified atom stereocenters. The van der Waals surface area contributed by atoms with Crippen LogP contribution in [0.25, 0.3) is 5.57 Å². The zero-order valence-corrected chi connectivity index (χ0v) is 15.8. The predicted molar refractivity (Wildman–Crippen MR) is 105 cm³/mol. The van der Waals surface area contributed by atoms with Crippen molar-refractivity contribution in [1.29, 1.82) is 0 Å². The Morgan fingerprint density at radius 2 is 1.55 bits per heavy atom. The summed E-state index contributed by atoms with van der Waals surface area (Å²) in [7, 11) is 0. The number of aliphatic hydroxyl groups is 3. The first-order valence-corrected chi connectivity index (χ1v) is 9.09. The lowest BCUT2D eigenvalue weighted by molar-refractivity contribution is -0.116. The highest BCUT2D eigenvalue weighted by Gasteiger charge is 2.47. The molecule has 1 heterocycles. The number of ketones is 3. The Balaban J connectivity index is 0.000000217. The van der Waals surface area contributed by atoms with Crippen LogP contribution in [0.2, 0.25) is 0 Å². The van der Waals surface area contributed by atoms with Gasteiger partial charge in [-0.25, -0.2) is 0 Å². The summed E-state index contributed by atoms with van der Waals surface area (Å²) < 4.78 is 5.40. The van der Waals surface area contributed by atoms with Crippen LogP contribution in [0.3, 0.4) is 0 Å². The second-order valence-corrected chi connectivity index (χ2v) is 7.29. The number of rotatable bonds is 0. The number of carbonyl (C=O) groups is 3. The zero-order valence-electron chi connectivity index (χ0n) is 15.8. The van der Waals surface area contributed by atoms with E-state index < -0.39 is 28.7 Å². The van der Waals surface area contributed by atoms with E-state index in [0.29, 0.717) is 22.3 Å². The van der Waals surface area contributed by atoms with Crippen molar-refractivity contribution in [1.82, 2.24) is 0 Å². The minimum Gasteiger partial charge on any atom is -0.504 e. The normalized spacial score (nSPS) is 23.5. The van der Waals surface area contributed by atoms with Crippen LogP contribution in [0.4, 0.5) is 0 Å². The van der Waals surface area contributed by atoms with Gasteiger partial charge < -0.3 is 30.3 Å². The van der Waals surface area contributed by atoms with Crippen molar-refractivity contribution in [2.75, 3.05) is 6.61 Å². The van der Waals surface area contributed by atoms with Crippen molar-refractivity contribution in [3.63, 3.8) is 0 Å². The van der Waals surface area contributed by atoms with Gasteiger partial charge in [-0.3, -0.25) is 14.4 Å². The Labute approximate surface area is 174 Å². The first kappa shape index (κ1) is 20.2. The summed E-state index contributed by atoms with van der Waals surface area (Å²) in [5, 5.41) is 48.6. The predicted octanol–water partition coefficient (Wildman–Crippen LogP) is 1.21. The Morgan fingerprint density at radius 3 is 2.23 bits per heavy atom. The van der Waals surface area contributed by atoms with Crippen molar-refractivity contribution in [2.45, 2.75) is 12.0 Å². The summed E-state index contributed by atoms with van der Waals surface area (Å²) >= 11 is 0. The average molecular weight is 424 g/mol. The van der Waals surface area contributed by atoms with E-state index in [0.717, 1.165) is 18.2 Å². The quantitative estimate of drug-likeness (QED) is 0.304. The van der Waals surface area contributed by atoms with E-state index >= 15 is 0 Å². The molecule has 1 aromatic rings. The molecule has 0 fully saturated rings. The summed E-state index contributed by atoms with van der Waals surface area (Å²) in [5.74, 6) is -2.94. The lowest BCUT2D eigenvalue weighted by atomic mass is 9.85. The summed E-state index contributed by atoms with van der Waals surface area (Å²) in [6.07, 6.45) is 5.94. The van der Waals surface area contributed by atoms with Crippen LogP contribution in [0, 0.1) is 0 Å². The summed E-state index contributed by atoms with van der Waals surface area (Å²) in [6.45, 7) is -0.122. The summed E-state index contributed by atoms with van der Waals surface area (Å²) in [4.78, 5) is 32.3. The number of benzene rings is 1. The van der Waals surface area contributed by atoms with Crippen molar-refractivity contribution < 1.29 is 44.7 Å². The van der Waals surface area contributed by atoms with Gasteiger partial charge in [0.05, 0.1) is 0 Å². The van der Waals surface area contributed by atoms with Gasteiger partial charge in [-0.2, -0.15) is 0 Å². The second kappa shape index (κ2) is 6.99. The Kier molecular flexibility index (Phi) is 4.55. The fourth-order valence-corrected chi connectivity index (χ4v) is 3.76. The number of carbonyl (C=O) groups excluding carboxylic acids is 3. The Hall–Kier alpha value is -4.11. The van der Waals surface area contributed by atoms with Crippen LogP contribution in [0.15, 0.2) is 65.4 Å². The van der Waals surface area contributed by atoms with Gasteiger partial charge in [0.25, 0.3) is 0 Å². The van der Waals surface area contributed by atoms with Crippen molar-refractivity contribution in [3.8, 4) is 11.5 Å². The van der Waals surface area contributed by atoms with Crippen molar-refractivity contribution >= 4 is 22.9 Å². The molecule has 4 aliphatic rings. The standard InChI is InChI=1S/C16H12O6.C6H4O3/c17-10-2-1-8-13-9-4-12(19)11(18)3-7(9)5-16(13,21)6-22-15(8)14(10)20;7-4-1-2-5(8)6(9)3-4/h1-4,18-21H,5-6H2;1-3,9H. The first-order valence-electron chi connectivity index (χ1n) is 9.09. The maximum atomic E-state index is 11.5. The zero-order chi connectivity index (χ0) is 22.5. The van der Waals surface area contributed by atoms with Crippen LogP contribution in [-0.4, -0.2) is 55.1 Å². The van der Waals surface area contributed by atoms with E-state index in [1.54, 1.807) is 0 Å². The number of phenolic OH excluding ortho intramolecular Hbond substituents is 2. The van der Waals surface area contributed by atoms with Gasteiger partial charge in [0, 0.05) is 23.6 Å². The Morgan fingerprint density at radius 1 is 0.871 bits per heavy atom. The molecule has 5 rings (SSSR count). The highest BCUT2D eigenvalue weighted by Crippen LogP contribution is 2.50. The highest BCUT2D eigenvalue weighted by atomic mass is 16.5. The minimum atomic E-state index is -1.33. The molecule has 9 heteroatoms. The van der Waals surface area contributed by atoms with E-state index in [-0.39, 0.29) is 36.1 Å². The fourth-order valence-electron chi connectivity index (χ4n) is 3.76. The average Bonchev–Trinajstić information content (AvgIpc) is 3.00. The molecular weight excluding hydrogens is 408 g/mol. The SMILES string of the molecule is O=C1C=CC(=O)C(O)=C1.O=C1C=CC2=C3c4cc(O)c(O)cc4CC3(O)COC2=C1O. The molecule has 0 radical (unpaired) electrons. The largest absolute Gasteiger partial charge is 0.504 e. The number of aromatic hydroxyl groups is 2. The number of fused-ring (bicyclic) bond motifs is 4. The molecule has 3 aliphatic carbocycles. The number of aliphatic hydroxyl groups excluding tert-OH is 2. The second-order valence-electron chi connectivity index (χ2n) is 7.29. The number of phenols is 2. The van der Waals surface area contributed by atoms with Gasteiger partial charge in [0.1, 0.15) is 12.2 Å². The van der Waals surface area contributed by atoms with E-state index in [4.69, 9.17) is 9.84 Å². The molecule has 9 nitrogen and oxygen atoms in total. The molecule has 0 saturated carbocycles. The minimum absolute atomic E-state index is 0.0348. The van der Waals surface area contributed by atoms with Gasteiger partial charge in [-0.1, -0.05) is 0 Å². The van der Waals surface area contributed by atoms with Gasteiger partial charge >= 0.3 is 0 Å². The van der Waals surface area contributed by atoms with E-state index in [1.165, 1.54) is 24.3 Å². The molecule has 0 bridgehead atoms. The lowest BCUT2D eigenvalue weighted by Crippen LogP contribution is -2.39. The third kappa shape index (κ3) is 3.30. The summed E-state index contributed by atoms with van der Waals surface area (Å²) in [5.41, 5.74) is 0.797. The maximum Gasteiger partial charge on any atom is 0.224 e. The fraction of sp³-hybridized carbons (Fsp3) is 0.136. The van der Waals surface area contributed by atoms with Gasteiger partial charge in [0.2, 0.25) is 17.3 Å². The molecule has 158 valence electrons. The molecule has 5 N–H and O–H groups in total. The van der Waals surface area contributed by atoms with Gasteiger partial charge in [0.15, 0.2) is 28.8 Å². The summed E-state index contributed by atoms with van der Waals surface area (Å²) in [6, 6.07) is 2.77. The molecule has 0 amide bonds. The van der Waals surface area contributed by atoms with E-state index in [1.807, 2.05) is 0 Å². The molecule has 1 atom stereocenters. The van der Waals surface area contributed by atoms with Crippen LogP contribution in [0.5, 0.6) is 11.5 Å². The molecule has 0 spiro atoms. The van der Waals surface area contributed by atoms with Crippen molar-refractivity contribution in [2.24, 2.45) is 0 Å². The molecular formula is C22H16O9. The Bertz CT molecular complexity index is 1210. The smallest absolute Gasteiger partial charge is 0.224 e. The van der Waals surface area contributed by atoms with E-state index in [9.17, 15) is 34.8 Å². The van der Waals surface area contributed by atoms with Crippen LogP contribution >= 0.6 is 0 Å². The number of hydrogen-bond acceptors (Lipinski definition) is 9. The molecule has 0 saturated heterocycles. The van der Waals surface area contributed by atoms with Crippen molar-refractivity contribution in [3.05, 3.63) is 76.5 Å². The highest BCUT2D eigenvalue weighted by molar-refractivity contribution is 6.16. The third-order valence-electron chi connectivity index (χ3n) is 5.17. The topological polar surface area (TPSA) is 162 Å². The van der Waals surface area contributed by atoms with Crippen LogP contribution in [-0.2, 0) is 25.5 Å². The third-order valence-corrected chi connectivity index (χ3v) is 5.17. The number of allylic oxidation sites excluding steroid dienone is 5. The monoisotopic (exact) mass is 424 g/mol. The molecule has 0 aromatic heterocycles. The number of hydrogen-bond donors (Lipinski definition) is 5. The number of ether oxygens (including phenoxy) is 1. The van der Waals surface area contributed by atoms with E-state index in [2.05, 4.69) is 0 Å². The maximum absolute atomic E-state index is 11.5. The lowest BCUT2D eigenvalue weighted by Gasteiger charge is -2.33.